The minimum absolute atomic E-state index is 0.00409. The van der Waals surface area contributed by atoms with Gasteiger partial charge in [0.2, 0.25) is 0 Å². The highest BCUT2D eigenvalue weighted by Crippen LogP contribution is 2.23. The van der Waals surface area contributed by atoms with Gasteiger partial charge in [-0.2, -0.15) is 0 Å². The number of pyridine rings is 1. The Labute approximate surface area is 174 Å². The summed E-state index contributed by atoms with van der Waals surface area (Å²) in [6, 6.07) is 13.6. The number of piperidine rings is 1. The van der Waals surface area contributed by atoms with Crippen molar-refractivity contribution in [2.75, 3.05) is 13.1 Å². The van der Waals surface area contributed by atoms with Gasteiger partial charge in [-0.25, -0.2) is 19.9 Å². The Kier molecular flexibility index (Phi) is 4.93. The van der Waals surface area contributed by atoms with Crippen LogP contribution >= 0.6 is 0 Å². The Morgan fingerprint density at radius 3 is 2.97 bits per heavy atom. The van der Waals surface area contributed by atoms with E-state index in [1.165, 1.54) is 0 Å². The van der Waals surface area contributed by atoms with E-state index in [2.05, 4.69) is 24.9 Å². The van der Waals surface area contributed by atoms with Crippen molar-refractivity contribution >= 4 is 16.8 Å². The van der Waals surface area contributed by atoms with E-state index in [0.29, 0.717) is 18.2 Å². The van der Waals surface area contributed by atoms with Gasteiger partial charge in [0.15, 0.2) is 5.82 Å². The second-order valence-corrected chi connectivity index (χ2v) is 7.69. The third-order valence-electron chi connectivity index (χ3n) is 5.59. The Bertz CT molecular complexity index is 1170. The van der Waals surface area contributed by atoms with E-state index in [9.17, 15) is 4.79 Å². The Morgan fingerprint density at radius 2 is 2.07 bits per heavy atom. The molecule has 7 nitrogen and oxygen atoms in total. The average Bonchev–Trinajstić information content (AvgIpc) is 3.34. The second kappa shape index (κ2) is 8.02. The molecule has 1 aliphatic heterocycles. The number of hydrogen-bond acceptors (Lipinski definition) is 5. The number of carbonyl (C=O) groups is 1. The van der Waals surface area contributed by atoms with Gasteiger partial charge in [-0.15, -0.1) is 0 Å². The number of imidazole rings is 1. The maximum absolute atomic E-state index is 13.1. The maximum atomic E-state index is 13.1. The van der Waals surface area contributed by atoms with Gasteiger partial charge >= 0.3 is 0 Å². The number of fused-ring (bicyclic) bond motifs is 1. The predicted molar refractivity (Wildman–Crippen MR) is 114 cm³/mol. The molecule has 0 spiro atoms. The lowest BCUT2D eigenvalue weighted by atomic mass is 9.93. The van der Waals surface area contributed by atoms with Crippen LogP contribution in [0.5, 0.6) is 0 Å². The van der Waals surface area contributed by atoms with Crippen LogP contribution in [0.3, 0.4) is 0 Å². The van der Waals surface area contributed by atoms with Crippen LogP contribution in [-0.4, -0.2) is 48.8 Å². The highest BCUT2D eigenvalue weighted by atomic mass is 16.2. The third-order valence-corrected chi connectivity index (χ3v) is 5.59. The number of carbonyl (C=O) groups excluding carboxylic acids is 1. The first kappa shape index (κ1) is 18.4. The maximum Gasteiger partial charge on any atom is 0.272 e. The number of hydrogen-bond donors (Lipinski definition) is 1. The van der Waals surface area contributed by atoms with Crippen molar-refractivity contribution in [1.82, 2.24) is 29.8 Å². The SMILES string of the molecule is O=C(c1ccc2ccccc2n1)N1CCC[C@H](Cc2cc(-c3ncc[nH]3)ncn2)C1. The molecule has 5 rings (SSSR count). The molecular formula is C23H22N6O. The molecule has 1 amide bonds. The van der Waals surface area contributed by atoms with E-state index in [1.807, 2.05) is 47.4 Å². The zero-order chi connectivity index (χ0) is 20.3. The molecule has 4 aromatic rings. The molecule has 1 saturated heterocycles. The van der Waals surface area contributed by atoms with E-state index < -0.39 is 0 Å². The molecule has 30 heavy (non-hydrogen) atoms. The number of benzene rings is 1. The largest absolute Gasteiger partial charge is 0.343 e. The number of nitrogens with zero attached hydrogens (tertiary/aromatic N) is 5. The number of rotatable bonds is 4. The van der Waals surface area contributed by atoms with E-state index in [-0.39, 0.29) is 5.91 Å². The fourth-order valence-electron chi connectivity index (χ4n) is 4.10. The monoisotopic (exact) mass is 398 g/mol. The van der Waals surface area contributed by atoms with E-state index in [0.717, 1.165) is 53.9 Å². The first-order valence-electron chi connectivity index (χ1n) is 10.2. The van der Waals surface area contributed by atoms with Crippen molar-refractivity contribution < 1.29 is 4.79 Å². The summed E-state index contributed by atoms with van der Waals surface area (Å²) in [6.45, 7) is 1.48. The molecule has 1 aromatic carbocycles. The summed E-state index contributed by atoms with van der Waals surface area (Å²) in [7, 11) is 0. The summed E-state index contributed by atoms with van der Waals surface area (Å²) in [6.07, 6.45) is 7.95. The topological polar surface area (TPSA) is 87.7 Å². The van der Waals surface area contributed by atoms with Crippen molar-refractivity contribution in [2.45, 2.75) is 19.3 Å². The zero-order valence-electron chi connectivity index (χ0n) is 16.5. The van der Waals surface area contributed by atoms with Crippen molar-refractivity contribution in [1.29, 1.82) is 0 Å². The Morgan fingerprint density at radius 1 is 1.13 bits per heavy atom. The molecule has 1 aliphatic rings. The number of nitrogens with one attached hydrogen (secondary N) is 1. The Balaban J connectivity index is 1.30. The van der Waals surface area contributed by atoms with Gasteiger partial charge in [0.1, 0.15) is 17.7 Å². The molecule has 1 N–H and O–H groups in total. The van der Waals surface area contributed by atoms with Crippen LogP contribution in [0.25, 0.3) is 22.4 Å². The minimum Gasteiger partial charge on any atom is -0.343 e. The number of amides is 1. The van der Waals surface area contributed by atoms with Crippen molar-refractivity contribution in [3.63, 3.8) is 0 Å². The van der Waals surface area contributed by atoms with Crippen LogP contribution in [0.15, 0.2) is 61.2 Å². The van der Waals surface area contributed by atoms with Crippen LogP contribution in [0, 0.1) is 5.92 Å². The third kappa shape index (κ3) is 3.78. The molecule has 1 fully saturated rings. The van der Waals surface area contributed by atoms with Crippen molar-refractivity contribution in [3.05, 3.63) is 72.6 Å². The van der Waals surface area contributed by atoms with Crippen LogP contribution in [0.2, 0.25) is 0 Å². The van der Waals surface area contributed by atoms with Gasteiger partial charge in [-0.3, -0.25) is 4.79 Å². The summed E-state index contributed by atoms with van der Waals surface area (Å²) >= 11 is 0. The predicted octanol–water partition coefficient (Wildman–Crippen LogP) is 3.51. The minimum atomic E-state index is 0.00409. The molecule has 0 aliphatic carbocycles. The molecular weight excluding hydrogens is 376 g/mol. The summed E-state index contributed by atoms with van der Waals surface area (Å²) in [5, 5.41) is 1.04. The zero-order valence-corrected chi connectivity index (χ0v) is 16.5. The van der Waals surface area contributed by atoms with Crippen LogP contribution in [0.4, 0.5) is 0 Å². The van der Waals surface area contributed by atoms with Crippen LogP contribution in [-0.2, 0) is 6.42 Å². The van der Waals surface area contributed by atoms with Gasteiger partial charge in [-0.05, 0) is 43.4 Å². The lowest BCUT2D eigenvalue weighted by molar-refractivity contribution is 0.0667. The number of aromatic amines is 1. The summed E-state index contributed by atoms with van der Waals surface area (Å²) in [4.78, 5) is 35.7. The number of likely N-dealkylation sites (tertiary alicyclic amines) is 1. The molecule has 3 aromatic heterocycles. The highest BCUT2D eigenvalue weighted by Gasteiger charge is 2.26. The first-order chi connectivity index (χ1) is 14.8. The smallest absolute Gasteiger partial charge is 0.272 e. The molecule has 0 unspecified atom stereocenters. The summed E-state index contributed by atoms with van der Waals surface area (Å²) in [5.41, 5.74) is 3.12. The lowest BCUT2D eigenvalue weighted by Gasteiger charge is -2.32. The molecule has 150 valence electrons. The normalized spacial score (nSPS) is 16.7. The van der Waals surface area contributed by atoms with Gasteiger partial charge in [0, 0.05) is 36.6 Å². The Hall–Kier alpha value is -3.61. The van der Waals surface area contributed by atoms with Gasteiger partial charge < -0.3 is 9.88 Å². The quantitative estimate of drug-likeness (QED) is 0.568. The van der Waals surface area contributed by atoms with Gasteiger partial charge in [0.05, 0.1) is 5.52 Å². The molecule has 0 radical (unpaired) electrons. The summed E-state index contributed by atoms with van der Waals surface area (Å²) < 4.78 is 0. The van der Waals surface area contributed by atoms with Crippen LogP contribution in [0.1, 0.15) is 29.0 Å². The van der Waals surface area contributed by atoms with E-state index >= 15 is 0 Å². The van der Waals surface area contributed by atoms with Crippen molar-refractivity contribution in [2.24, 2.45) is 5.92 Å². The standard InChI is InChI=1S/C23H22N6O/c30-23(20-8-7-17-5-1-2-6-19(17)28-20)29-11-3-4-16(14-29)12-18-13-21(27-15-26-18)22-24-9-10-25-22/h1-2,5-10,13,15-16H,3-4,11-12,14H2,(H,24,25)/t16-/m1/s1. The van der Waals surface area contributed by atoms with Gasteiger partial charge in [0.25, 0.3) is 5.91 Å². The molecule has 0 saturated carbocycles. The molecule has 4 heterocycles. The molecule has 7 heteroatoms. The average molecular weight is 398 g/mol. The summed E-state index contributed by atoms with van der Waals surface area (Å²) in [5.74, 6) is 1.10. The molecule has 0 bridgehead atoms. The fraction of sp³-hybridized carbons (Fsp3) is 0.261. The lowest BCUT2D eigenvalue weighted by Crippen LogP contribution is -2.40. The first-order valence-corrected chi connectivity index (χ1v) is 10.2. The number of para-hydroxylation sites is 1. The highest BCUT2D eigenvalue weighted by molar-refractivity contribution is 5.95. The second-order valence-electron chi connectivity index (χ2n) is 7.69. The fourth-order valence-corrected chi connectivity index (χ4v) is 4.10. The van der Waals surface area contributed by atoms with Gasteiger partial charge in [-0.1, -0.05) is 24.3 Å². The number of H-pyrrole nitrogens is 1. The van der Waals surface area contributed by atoms with E-state index in [4.69, 9.17) is 0 Å². The number of aromatic nitrogens is 5. The van der Waals surface area contributed by atoms with E-state index in [1.54, 1.807) is 18.7 Å². The van der Waals surface area contributed by atoms with Crippen molar-refractivity contribution in [3.8, 4) is 11.5 Å². The van der Waals surface area contributed by atoms with Crippen LogP contribution < -0.4 is 0 Å². The molecule has 1 atom stereocenters.